The van der Waals surface area contributed by atoms with Gasteiger partial charge in [-0.2, -0.15) is 0 Å². The molecule has 1 aromatic carbocycles. The molecule has 0 radical (unpaired) electrons. The Morgan fingerprint density at radius 2 is 1.72 bits per heavy atom. The van der Waals surface area contributed by atoms with Gasteiger partial charge in [0.1, 0.15) is 17.5 Å². The van der Waals surface area contributed by atoms with E-state index in [1.54, 1.807) is 0 Å². The van der Waals surface area contributed by atoms with Crippen LogP contribution in [0.3, 0.4) is 0 Å². The van der Waals surface area contributed by atoms with E-state index in [1.165, 1.54) is 18.3 Å². The topological polar surface area (TPSA) is 33.1 Å². The van der Waals surface area contributed by atoms with Crippen LogP contribution in [0, 0.1) is 17.5 Å². The first-order chi connectivity index (χ1) is 8.59. The van der Waals surface area contributed by atoms with E-state index >= 15 is 0 Å². The maximum atomic E-state index is 13.4. The van der Waals surface area contributed by atoms with E-state index in [2.05, 4.69) is 4.98 Å². The monoisotopic (exact) mass is 253 g/mol. The minimum Gasteiger partial charge on any atom is -0.388 e. The molecule has 1 heterocycles. The van der Waals surface area contributed by atoms with Crippen molar-refractivity contribution in [1.82, 2.24) is 4.98 Å². The molecule has 0 aliphatic rings. The van der Waals surface area contributed by atoms with Crippen LogP contribution in [-0.2, 0) is 6.42 Å². The third-order valence-corrected chi connectivity index (χ3v) is 2.62. The Morgan fingerprint density at radius 3 is 2.33 bits per heavy atom. The minimum atomic E-state index is -1.32. The van der Waals surface area contributed by atoms with Crippen LogP contribution in [0.25, 0.3) is 0 Å². The number of halogens is 3. The summed E-state index contributed by atoms with van der Waals surface area (Å²) < 4.78 is 40.1. The number of aliphatic hydroxyl groups is 1. The fraction of sp³-hybridized carbons (Fsp3) is 0.154. The maximum Gasteiger partial charge on any atom is 0.147 e. The van der Waals surface area contributed by atoms with E-state index in [0.29, 0.717) is 0 Å². The number of hydrogen-bond donors (Lipinski definition) is 1. The first-order valence-electron chi connectivity index (χ1n) is 5.30. The molecule has 0 saturated carbocycles. The van der Waals surface area contributed by atoms with Crippen molar-refractivity contribution in [3.8, 4) is 0 Å². The fourth-order valence-electron chi connectivity index (χ4n) is 1.69. The molecular weight excluding hydrogens is 243 g/mol. The molecule has 0 spiro atoms. The van der Waals surface area contributed by atoms with Crippen LogP contribution in [0.2, 0.25) is 0 Å². The average Bonchev–Trinajstić information content (AvgIpc) is 2.34. The van der Waals surface area contributed by atoms with Crippen LogP contribution < -0.4 is 0 Å². The lowest BCUT2D eigenvalue weighted by molar-refractivity contribution is 0.170. The Balaban J connectivity index is 2.27. The van der Waals surface area contributed by atoms with E-state index < -0.39 is 23.6 Å². The lowest BCUT2D eigenvalue weighted by Gasteiger charge is -2.12. The van der Waals surface area contributed by atoms with Gasteiger partial charge in [-0.3, -0.25) is 4.98 Å². The van der Waals surface area contributed by atoms with Crippen molar-refractivity contribution in [2.45, 2.75) is 12.5 Å². The van der Waals surface area contributed by atoms with Crippen LogP contribution >= 0.6 is 0 Å². The van der Waals surface area contributed by atoms with Crippen LogP contribution in [0.1, 0.15) is 17.2 Å². The summed E-state index contributed by atoms with van der Waals surface area (Å²) in [6.45, 7) is 0. The van der Waals surface area contributed by atoms with Gasteiger partial charge in [-0.25, -0.2) is 13.2 Å². The Hall–Kier alpha value is -1.88. The van der Waals surface area contributed by atoms with Gasteiger partial charge in [0, 0.05) is 23.7 Å². The fourth-order valence-corrected chi connectivity index (χ4v) is 1.69. The number of rotatable bonds is 3. The van der Waals surface area contributed by atoms with Gasteiger partial charge < -0.3 is 5.11 Å². The number of benzene rings is 1. The normalized spacial score (nSPS) is 12.4. The highest BCUT2D eigenvalue weighted by Crippen LogP contribution is 2.23. The average molecular weight is 253 g/mol. The molecule has 0 bridgehead atoms. The summed E-state index contributed by atoms with van der Waals surface area (Å²) in [5.74, 6) is -2.23. The van der Waals surface area contributed by atoms with Crippen molar-refractivity contribution in [1.29, 1.82) is 0 Å². The highest BCUT2D eigenvalue weighted by molar-refractivity contribution is 5.24. The summed E-state index contributed by atoms with van der Waals surface area (Å²) in [4.78, 5) is 3.54. The van der Waals surface area contributed by atoms with Gasteiger partial charge in [-0.1, -0.05) is 6.07 Å². The highest BCUT2D eigenvalue weighted by Gasteiger charge is 2.17. The Bertz CT molecular complexity index is 539. The van der Waals surface area contributed by atoms with Crippen molar-refractivity contribution in [3.63, 3.8) is 0 Å². The molecule has 0 aliphatic heterocycles. The van der Waals surface area contributed by atoms with E-state index in [4.69, 9.17) is 0 Å². The van der Waals surface area contributed by atoms with Gasteiger partial charge in [0.2, 0.25) is 0 Å². The molecule has 2 rings (SSSR count). The Morgan fingerprint density at radius 1 is 1.06 bits per heavy atom. The van der Waals surface area contributed by atoms with Gasteiger partial charge in [0.05, 0.1) is 12.3 Å². The number of aliphatic hydroxyl groups excluding tert-OH is 1. The zero-order valence-corrected chi connectivity index (χ0v) is 9.28. The van der Waals surface area contributed by atoms with Crippen LogP contribution in [-0.4, -0.2) is 10.1 Å². The van der Waals surface area contributed by atoms with Gasteiger partial charge in [0.25, 0.3) is 0 Å². The molecular formula is C13H10F3NO. The van der Waals surface area contributed by atoms with E-state index in [-0.39, 0.29) is 17.5 Å². The molecule has 1 atom stereocenters. The molecule has 2 nitrogen and oxygen atoms in total. The van der Waals surface area contributed by atoms with Crippen LogP contribution in [0.4, 0.5) is 13.2 Å². The number of aromatic nitrogens is 1. The zero-order valence-electron chi connectivity index (χ0n) is 9.28. The summed E-state index contributed by atoms with van der Waals surface area (Å²) in [6.07, 6.45) is 0.592. The van der Waals surface area contributed by atoms with Crippen molar-refractivity contribution >= 4 is 0 Å². The standard InChI is InChI=1S/C13H10F3NO/c14-10-2-1-3-11(15)9(10)6-13(18)8-4-5-17-7-12(8)16/h1-5,7,13,18H,6H2. The summed E-state index contributed by atoms with van der Waals surface area (Å²) in [5.41, 5.74) is -0.297. The third kappa shape index (κ3) is 2.51. The van der Waals surface area contributed by atoms with Crippen LogP contribution in [0.15, 0.2) is 36.7 Å². The predicted octanol–water partition coefficient (Wildman–Crippen LogP) is 2.78. The first kappa shape index (κ1) is 12.6. The van der Waals surface area contributed by atoms with Gasteiger partial charge in [-0.15, -0.1) is 0 Å². The zero-order chi connectivity index (χ0) is 13.1. The molecule has 5 heteroatoms. The second kappa shape index (κ2) is 5.18. The molecule has 18 heavy (non-hydrogen) atoms. The predicted molar refractivity (Wildman–Crippen MR) is 59.2 cm³/mol. The van der Waals surface area contributed by atoms with E-state index in [9.17, 15) is 18.3 Å². The number of pyridine rings is 1. The van der Waals surface area contributed by atoms with E-state index in [1.807, 2.05) is 0 Å². The quantitative estimate of drug-likeness (QED) is 0.912. The molecule has 0 saturated heterocycles. The van der Waals surface area contributed by atoms with Gasteiger partial charge >= 0.3 is 0 Å². The smallest absolute Gasteiger partial charge is 0.147 e. The molecule has 1 aromatic heterocycles. The maximum absolute atomic E-state index is 13.4. The summed E-state index contributed by atoms with van der Waals surface area (Å²) in [7, 11) is 0. The van der Waals surface area contributed by atoms with E-state index in [0.717, 1.165) is 18.3 Å². The van der Waals surface area contributed by atoms with Crippen LogP contribution in [0.5, 0.6) is 0 Å². The molecule has 0 aliphatic carbocycles. The Kier molecular flexibility index (Phi) is 3.62. The number of hydrogen-bond acceptors (Lipinski definition) is 2. The molecule has 1 N–H and O–H groups in total. The molecule has 1 unspecified atom stereocenters. The third-order valence-electron chi connectivity index (χ3n) is 2.62. The Labute approximate surface area is 102 Å². The second-order valence-electron chi connectivity index (χ2n) is 3.82. The van der Waals surface area contributed by atoms with Gasteiger partial charge in [-0.05, 0) is 18.2 Å². The highest BCUT2D eigenvalue weighted by atomic mass is 19.1. The molecule has 0 amide bonds. The van der Waals surface area contributed by atoms with Crippen molar-refractivity contribution in [2.75, 3.05) is 0 Å². The van der Waals surface area contributed by atoms with Crippen molar-refractivity contribution < 1.29 is 18.3 Å². The second-order valence-corrected chi connectivity index (χ2v) is 3.82. The summed E-state index contributed by atoms with van der Waals surface area (Å²) in [5, 5.41) is 9.80. The molecule has 2 aromatic rings. The summed E-state index contributed by atoms with van der Waals surface area (Å²) >= 11 is 0. The largest absolute Gasteiger partial charge is 0.388 e. The first-order valence-corrected chi connectivity index (χ1v) is 5.30. The molecule has 94 valence electrons. The van der Waals surface area contributed by atoms with Crippen molar-refractivity contribution in [2.24, 2.45) is 0 Å². The summed E-state index contributed by atoms with van der Waals surface area (Å²) in [6, 6.07) is 4.69. The lowest BCUT2D eigenvalue weighted by Crippen LogP contribution is -2.07. The lowest BCUT2D eigenvalue weighted by atomic mass is 10.0. The SMILES string of the molecule is OC(Cc1c(F)cccc1F)c1ccncc1F. The molecule has 0 fully saturated rings. The van der Waals surface area contributed by atoms with Crippen molar-refractivity contribution in [3.05, 3.63) is 65.2 Å². The minimum absolute atomic E-state index is 0.0346. The number of nitrogens with zero attached hydrogens (tertiary/aromatic N) is 1. The van der Waals surface area contributed by atoms with Gasteiger partial charge in [0.15, 0.2) is 0 Å².